The van der Waals surface area contributed by atoms with Gasteiger partial charge in [0, 0.05) is 5.60 Å². The smallest absolute Gasteiger partial charge is 0.205 e. The summed E-state index contributed by atoms with van der Waals surface area (Å²) in [6.07, 6.45) is 0.774. The van der Waals surface area contributed by atoms with E-state index in [0.717, 1.165) is 6.42 Å². The molecule has 0 aliphatic heterocycles. The fourth-order valence-corrected chi connectivity index (χ4v) is 2.83. The highest BCUT2D eigenvalue weighted by Gasteiger charge is 2.32. The SMILES string of the molecule is CCC(C)(O)[SiH](C)OC(C)(C)C. The first-order valence-electron chi connectivity index (χ1n) is 4.59. The van der Waals surface area contributed by atoms with Crippen LogP contribution in [0.15, 0.2) is 0 Å². The number of rotatable bonds is 3. The van der Waals surface area contributed by atoms with Crippen LogP contribution in [0.25, 0.3) is 0 Å². The molecule has 0 aliphatic carbocycles. The van der Waals surface area contributed by atoms with Crippen molar-refractivity contribution < 1.29 is 9.53 Å². The number of hydrogen-bond donors (Lipinski definition) is 1. The average molecular weight is 190 g/mol. The highest BCUT2D eigenvalue weighted by Crippen LogP contribution is 2.19. The van der Waals surface area contributed by atoms with Crippen LogP contribution in [-0.4, -0.2) is 25.0 Å². The van der Waals surface area contributed by atoms with Gasteiger partial charge in [0.2, 0.25) is 9.04 Å². The van der Waals surface area contributed by atoms with E-state index in [4.69, 9.17) is 4.43 Å². The van der Waals surface area contributed by atoms with Crippen molar-refractivity contribution in [2.24, 2.45) is 0 Å². The molecule has 0 amide bonds. The first kappa shape index (κ1) is 12.1. The summed E-state index contributed by atoms with van der Waals surface area (Å²) in [7, 11) is -1.48. The molecule has 12 heavy (non-hydrogen) atoms. The molecule has 0 aliphatic rings. The standard InChI is InChI=1S/C9H22O2Si/c1-7-9(5,10)12(6)11-8(2,3)4/h10,12H,7H2,1-6H3. The molecular weight excluding hydrogens is 168 g/mol. The van der Waals surface area contributed by atoms with Crippen LogP contribution >= 0.6 is 0 Å². The molecule has 0 heterocycles. The third-order valence-electron chi connectivity index (χ3n) is 2.12. The minimum atomic E-state index is -1.48. The van der Waals surface area contributed by atoms with E-state index >= 15 is 0 Å². The van der Waals surface area contributed by atoms with Gasteiger partial charge in [0.1, 0.15) is 0 Å². The second kappa shape index (κ2) is 3.90. The Morgan fingerprint density at radius 1 is 1.25 bits per heavy atom. The fourth-order valence-electron chi connectivity index (χ4n) is 0.945. The zero-order chi connectivity index (χ0) is 9.99. The van der Waals surface area contributed by atoms with Crippen LogP contribution in [-0.2, 0) is 4.43 Å². The summed E-state index contributed by atoms with van der Waals surface area (Å²) in [6, 6.07) is 0. The Morgan fingerprint density at radius 2 is 1.67 bits per heavy atom. The Balaban J connectivity index is 4.13. The lowest BCUT2D eigenvalue weighted by molar-refractivity contribution is 0.0648. The van der Waals surface area contributed by atoms with E-state index in [9.17, 15) is 5.11 Å². The van der Waals surface area contributed by atoms with Gasteiger partial charge in [-0.3, -0.25) is 0 Å². The molecule has 2 atom stereocenters. The Hall–Kier alpha value is 0.137. The summed E-state index contributed by atoms with van der Waals surface area (Å²) < 4.78 is 5.78. The minimum absolute atomic E-state index is 0.120. The molecule has 74 valence electrons. The van der Waals surface area contributed by atoms with Gasteiger partial charge in [0.05, 0.1) is 5.22 Å². The Labute approximate surface area is 77.7 Å². The van der Waals surface area contributed by atoms with Crippen molar-refractivity contribution in [3.63, 3.8) is 0 Å². The van der Waals surface area contributed by atoms with Crippen LogP contribution in [0, 0.1) is 0 Å². The zero-order valence-corrected chi connectivity index (χ0v) is 10.3. The second-order valence-corrected chi connectivity index (χ2v) is 7.35. The summed E-state index contributed by atoms with van der Waals surface area (Å²) in [6.45, 7) is 12.0. The van der Waals surface area contributed by atoms with Gasteiger partial charge in [0.15, 0.2) is 0 Å². The van der Waals surface area contributed by atoms with Crippen LogP contribution in [0.4, 0.5) is 0 Å². The van der Waals surface area contributed by atoms with Gasteiger partial charge in [-0.25, -0.2) is 0 Å². The van der Waals surface area contributed by atoms with E-state index < -0.39 is 14.3 Å². The average Bonchev–Trinajstić information content (AvgIpc) is 1.84. The van der Waals surface area contributed by atoms with E-state index in [0.29, 0.717) is 0 Å². The van der Waals surface area contributed by atoms with Crippen molar-refractivity contribution in [1.29, 1.82) is 0 Å². The van der Waals surface area contributed by atoms with Crippen molar-refractivity contribution in [2.75, 3.05) is 0 Å². The number of aliphatic hydroxyl groups is 1. The van der Waals surface area contributed by atoms with Crippen molar-refractivity contribution in [3.8, 4) is 0 Å². The Bertz CT molecular complexity index is 138. The van der Waals surface area contributed by atoms with E-state index in [1.165, 1.54) is 0 Å². The van der Waals surface area contributed by atoms with Crippen molar-refractivity contribution in [2.45, 2.75) is 58.4 Å². The molecule has 0 spiro atoms. The van der Waals surface area contributed by atoms with Crippen LogP contribution in [0.2, 0.25) is 6.55 Å². The quantitative estimate of drug-likeness (QED) is 0.688. The van der Waals surface area contributed by atoms with Gasteiger partial charge in [-0.05, 0) is 40.7 Å². The van der Waals surface area contributed by atoms with Gasteiger partial charge < -0.3 is 9.53 Å². The van der Waals surface area contributed by atoms with Crippen LogP contribution in [0.3, 0.4) is 0 Å². The molecule has 1 N–H and O–H groups in total. The highest BCUT2D eigenvalue weighted by molar-refractivity contribution is 6.53. The van der Waals surface area contributed by atoms with E-state index in [1.54, 1.807) is 0 Å². The first-order valence-corrected chi connectivity index (χ1v) is 6.79. The second-order valence-electron chi connectivity index (χ2n) is 4.58. The van der Waals surface area contributed by atoms with Gasteiger partial charge in [-0.2, -0.15) is 0 Å². The third kappa shape index (κ3) is 4.23. The molecule has 0 radical (unpaired) electrons. The van der Waals surface area contributed by atoms with Crippen molar-refractivity contribution in [3.05, 3.63) is 0 Å². The molecular formula is C9H22O2Si. The predicted octanol–water partition coefficient (Wildman–Crippen LogP) is 1.86. The van der Waals surface area contributed by atoms with E-state index in [2.05, 4.69) is 6.55 Å². The molecule has 0 rings (SSSR count). The lowest BCUT2D eigenvalue weighted by Crippen LogP contribution is -2.46. The lowest BCUT2D eigenvalue weighted by Gasteiger charge is -2.33. The Kier molecular flexibility index (Phi) is 3.94. The lowest BCUT2D eigenvalue weighted by atomic mass is 10.2. The summed E-state index contributed by atoms with van der Waals surface area (Å²) in [5.41, 5.74) is -0.120. The van der Waals surface area contributed by atoms with Crippen LogP contribution < -0.4 is 0 Å². The van der Waals surface area contributed by atoms with Crippen LogP contribution in [0.1, 0.15) is 41.0 Å². The molecule has 0 fully saturated rings. The van der Waals surface area contributed by atoms with E-state index in [-0.39, 0.29) is 5.60 Å². The van der Waals surface area contributed by atoms with E-state index in [1.807, 2.05) is 34.6 Å². The predicted molar refractivity (Wildman–Crippen MR) is 54.8 cm³/mol. The molecule has 0 bridgehead atoms. The first-order chi connectivity index (χ1) is 5.19. The normalized spacial score (nSPS) is 20.2. The molecule has 3 heteroatoms. The maximum atomic E-state index is 9.89. The maximum Gasteiger partial charge on any atom is 0.205 e. The summed E-state index contributed by atoms with van der Waals surface area (Å²) in [4.78, 5) is 0. The fraction of sp³-hybridized carbons (Fsp3) is 1.00. The van der Waals surface area contributed by atoms with Crippen molar-refractivity contribution >= 4 is 9.04 Å². The molecule has 0 aromatic rings. The molecule has 2 nitrogen and oxygen atoms in total. The minimum Gasteiger partial charge on any atom is -0.413 e. The zero-order valence-electron chi connectivity index (χ0n) is 9.14. The van der Waals surface area contributed by atoms with Gasteiger partial charge in [-0.1, -0.05) is 6.92 Å². The highest BCUT2D eigenvalue weighted by atomic mass is 28.3. The van der Waals surface area contributed by atoms with Gasteiger partial charge in [-0.15, -0.1) is 0 Å². The monoisotopic (exact) mass is 190 g/mol. The third-order valence-corrected chi connectivity index (χ3v) is 5.34. The Morgan fingerprint density at radius 3 is 1.92 bits per heavy atom. The summed E-state index contributed by atoms with van der Waals surface area (Å²) in [5.74, 6) is 0. The van der Waals surface area contributed by atoms with Gasteiger partial charge in [0.25, 0.3) is 0 Å². The molecule has 0 aromatic heterocycles. The van der Waals surface area contributed by atoms with Gasteiger partial charge >= 0.3 is 0 Å². The molecule has 0 saturated carbocycles. The summed E-state index contributed by atoms with van der Waals surface area (Å²) >= 11 is 0. The van der Waals surface area contributed by atoms with Crippen LogP contribution in [0.5, 0.6) is 0 Å². The number of hydrogen-bond acceptors (Lipinski definition) is 2. The molecule has 2 unspecified atom stereocenters. The topological polar surface area (TPSA) is 29.5 Å². The molecule has 0 saturated heterocycles. The summed E-state index contributed by atoms with van der Waals surface area (Å²) in [5, 5.41) is 9.32. The molecule has 0 aromatic carbocycles. The largest absolute Gasteiger partial charge is 0.413 e. The maximum absolute atomic E-state index is 9.89. The van der Waals surface area contributed by atoms with Crippen molar-refractivity contribution in [1.82, 2.24) is 0 Å².